The SMILES string of the molecule is C=C(C)C(=O)C(c1ccccc1)[N+](C)(C)CCN. The Hall–Kier alpha value is -1.45. The van der Waals surface area contributed by atoms with Crippen LogP contribution in [0.3, 0.4) is 0 Å². The molecule has 98 valence electrons. The van der Waals surface area contributed by atoms with E-state index in [2.05, 4.69) is 6.58 Å². The maximum absolute atomic E-state index is 12.4. The lowest BCUT2D eigenvalue weighted by Gasteiger charge is -2.37. The standard InChI is InChI=1S/C15H23N2O/c1-12(2)15(18)14(17(3,4)11-10-16)13-8-6-5-7-9-13/h5-9,14H,1,10-11,16H2,2-4H3/q+1. The van der Waals surface area contributed by atoms with Gasteiger partial charge in [0.15, 0.2) is 6.04 Å². The zero-order valence-corrected chi connectivity index (χ0v) is 11.5. The van der Waals surface area contributed by atoms with E-state index in [-0.39, 0.29) is 11.8 Å². The number of benzene rings is 1. The highest BCUT2D eigenvalue weighted by atomic mass is 16.1. The summed E-state index contributed by atoms with van der Waals surface area (Å²) < 4.78 is 0.548. The van der Waals surface area contributed by atoms with Crippen molar-refractivity contribution in [2.45, 2.75) is 13.0 Å². The Bertz CT molecular complexity index is 423. The molecule has 1 aromatic rings. The molecule has 1 rings (SSSR count). The van der Waals surface area contributed by atoms with Crippen molar-refractivity contribution in [1.29, 1.82) is 0 Å². The van der Waals surface area contributed by atoms with Crippen LogP contribution in [0.25, 0.3) is 0 Å². The second-order valence-electron chi connectivity index (χ2n) is 5.25. The van der Waals surface area contributed by atoms with E-state index >= 15 is 0 Å². The van der Waals surface area contributed by atoms with Crippen molar-refractivity contribution in [1.82, 2.24) is 0 Å². The van der Waals surface area contributed by atoms with Gasteiger partial charge in [-0.3, -0.25) is 4.79 Å². The van der Waals surface area contributed by atoms with Crippen LogP contribution in [0.5, 0.6) is 0 Å². The van der Waals surface area contributed by atoms with E-state index in [1.165, 1.54) is 0 Å². The van der Waals surface area contributed by atoms with E-state index in [4.69, 9.17) is 5.73 Å². The fourth-order valence-electron chi connectivity index (χ4n) is 2.20. The summed E-state index contributed by atoms with van der Waals surface area (Å²) in [5.74, 6) is 0.0830. The number of Topliss-reactive ketones (excluding diaryl/α,β-unsaturated/α-hetero) is 1. The third-order valence-electron chi connectivity index (χ3n) is 3.19. The molecule has 0 amide bonds. The molecule has 0 aliphatic carbocycles. The van der Waals surface area contributed by atoms with Crippen molar-refractivity contribution < 1.29 is 9.28 Å². The summed E-state index contributed by atoms with van der Waals surface area (Å²) in [7, 11) is 4.07. The Kier molecular flexibility index (Phi) is 4.82. The fraction of sp³-hybridized carbons (Fsp3) is 0.400. The van der Waals surface area contributed by atoms with Crippen molar-refractivity contribution in [2.24, 2.45) is 5.73 Å². The van der Waals surface area contributed by atoms with Crippen LogP contribution in [0.4, 0.5) is 0 Å². The van der Waals surface area contributed by atoms with E-state index in [0.29, 0.717) is 16.6 Å². The molecule has 0 radical (unpaired) electrons. The molecule has 3 heteroatoms. The molecule has 1 aromatic carbocycles. The Morgan fingerprint density at radius 1 is 1.33 bits per heavy atom. The first-order valence-corrected chi connectivity index (χ1v) is 6.17. The van der Waals surface area contributed by atoms with Crippen LogP contribution in [0, 0.1) is 0 Å². The summed E-state index contributed by atoms with van der Waals surface area (Å²) in [6.07, 6.45) is 0. The molecule has 18 heavy (non-hydrogen) atoms. The molecule has 0 aromatic heterocycles. The number of carbonyl (C=O) groups excluding carboxylic acids is 1. The summed E-state index contributed by atoms with van der Waals surface area (Å²) in [5, 5.41) is 0. The number of hydrogen-bond donors (Lipinski definition) is 1. The highest BCUT2D eigenvalue weighted by Gasteiger charge is 2.35. The largest absolute Gasteiger partial charge is 0.326 e. The highest BCUT2D eigenvalue weighted by Crippen LogP contribution is 2.27. The highest BCUT2D eigenvalue weighted by molar-refractivity contribution is 5.98. The summed E-state index contributed by atoms with van der Waals surface area (Å²) in [6.45, 7) is 6.85. The molecule has 0 heterocycles. The minimum atomic E-state index is -0.229. The lowest BCUT2D eigenvalue weighted by atomic mass is 9.96. The Morgan fingerprint density at radius 3 is 2.33 bits per heavy atom. The van der Waals surface area contributed by atoms with E-state index in [0.717, 1.165) is 12.1 Å². The van der Waals surface area contributed by atoms with E-state index in [1.54, 1.807) is 6.92 Å². The predicted octanol–water partition coefficient (Wildman–Crippen LogP) is 1.91. The topological polar surface area (TPSA) is 43.1 Å². The molecule has 1 atom stereocenters. The number of hydrogen-bond acceptors (Lipinski definition) is 2. The smallest absolute Gasteiger partial charge is 0.219 e. The minimum absolute atomic E-state index is 0.0830. The molecule has 0 fully saturated rings. The lowest BCUT2D eigenvalue weighted by Crippen LogP contribution is -2.49. The normalized spacial score (nSPS) is 13.1. The lowest BCUT2D eigenvalue weighted by molar-refractivity contribution is -0.910. The third kappa shape index (κ3) is 3.28. The van der Waals surface area contributed by atoms with Gasteiger partial charge in [-0.05, 0) is 12.5 Å². The van der Waals surface area contributed by atoms with Gasteiger partial charge in [-0.25, -0.2) is 0 Å². The molecule has 0 spiro atoms. The van der Waals surface area contributed by atoms with Gasteiger partial charge in [-0.15, -0.1) is 0 Å². The summed E-state index contributed by atoms with van der Waals surface area (Å²) in [4.78, 5) is 12.4. The minimum Gasteiger partial charge on any atom is -0.326 e. The van der Waals surface area contributed by atoms with E-state index < -0.39 is 0 Å². The molecule has 1 unspecified atom stereocenters. The van der Waals surface area contributed by atoms with Gasteiger partial charge < -0.3 is 10.2 Å². The Morgan fingerprint density at radius 2 is 1.89 bits per heavy atom. The van der Waals surface area contributed by atoms with Gasteiger partial charge in [-0.2, -0.15) is 0 Å². The van der Waals surface area contributed by atoms with Crippen LogP contribution in [0.15, 0.2) is 42.5 Å². The maximum atomic E-state index is 12.4. The first-order valence-electron chi connectivity index (χ1n) is 6.17. The van der Waals surface area contributed by atoms with Gasteiger partial charge in [0.2, 0.25) is 5.78 Å². The first-order chi connectivity index (χ1) is 8.40. The van der Waals surface area contributed by atoms with Crippen LogP contribution >= 0.6 is 0 Å². The molecule has 2 N–H and O–H groups in total. The third-order valence-corrected chi connectivity index (χ3v) is 3.19. The predicted molar refractivity (Wildman–Crippen MR) is 75.0 cm³/mol. The monoisotopic (exact) mass is 247 g/mol. The van der Waals surface area contributed by atoms with Gasteiger partial charge in [-0.1, -0.05) is 36.9 Å². The van der Waals surface area contributed by atoms with Gasteiger partial charge in [0.25, 0.3) is 0 Å². The Labute approximate surface area is 109 Å². The van der Waals surface area contributed by atoms with E-state index in [9.17, 15) is 4.79 Å². The Balaban J connectivity index is 3.19. The summed E-state index contributed by atoms with van der Waals surface area (Å²) >= 11 is 0. The average molecular weight is 247 g/mol. The van der Waals surface area contributed by atoms with Gasteiger partial charge in [0.1, 0.15) is 0 Å². The molecule has 0 aliphatic rings. The average Bonchev–Trinajstić information content (AvgIpc) is 2.29. The fourth-order valence-corrected chi connectivity index (χ4v) is 2.20. The summed E-state index contributed by atoms with van der Waals surface area (Å²) in [6, 6.07) is 9.61. The number of quaternary nitrogens is 1. The van der Waals surface area contributed by atoms with Crippen molar-refractivity contribution in [3.8, 4) is 0 Å². The van der Waals surface area contributed by atoms with Crippen LogP contribution in [0.2, 0.25) is 0 Å². The van der Waals surface area contributed by atoms with Crippen molar-refractivity contribution in [2.75, 3.05) is 27.2 Å². The number of carbonyl (C=O) groups is 1. The second kappa shape index (κ2) is 5.94. The van der Waals surface area contributed by atoms with Crippen molar-refractivity contribution in [3.63, 3.8) is 0 Å². The molecule has 0 saturated heterocycles. The van der Waals surface area contributed by atoms with Crippen LogP contribution in [-0.4, -0.2) is 37.5 Å². The molecule has 0 bridgehead atoms. The first kappa shape index (κ1) is 14.6. The number of rotatable bonds is 6. The quantitative estimate of drug-likeness (QED) is 0.616. The maximum Gasteiger partial charge on any atom is 0.219 e. The second-order valence-corrected chi connectivity index (χ2v) is 5.25. The zero-order chi connectivity index (χ0) is 13.8. The van der Waals surface area contributed by atoms with Crippen LogP contribution in [-0.2, 0) is 4.79 Å². The van der Waals surface area contributed by atoms with Gasteiger partial charge >= 0.3 is 0 Å². The molecule has 3 nitrogen and oxygen atoms in total. The molecule has 0 saturated carbocycles. The number of nitrogens with two attached hydrogens (primary N) is 1. The molecular formula is C15H23N2O+. The van der Waals surface area contributed by atoms with E-state index in [1.807, 2.05) is 44.4 Å². The van der Waals surface area contributed by atoms with Gasteiger partial charge in [0, 0.05) is 12.1 Å². The number of ketones is 1. The summed E-state index contributed by atoms with van der Waals surface area (Å²) in [5.41, 5.74) is 7.26. The van der Waals surface area contributed by atoms with Crippen LogP contribution < -0.4 is 5.73 Å². The number of nitrogens with zero attached hydrogens (tertiary/aromatic N) is 1. The molecule has 0 aliphatic heterocycles. The number of likely N-dealkylation sites (N-methyl/N-ethyl adjacent to an activating group) is 1. The zero-order valence-electron chi connectivity index (χ0n) is 11.5. The van der Waals surface area contributed by atoms with Gasteiger partial charge in [0.05, 0.1) is 20.6 Å². The van der Waals surface area contributed by atoms with Crippen LogP contribution in [0.1, 0.15) is 18.5 Å². The molecular weight excluding hydrogens is 224 g/mol. The van der Waals surface area contributed by atoms with Crippen molar-refractivity contribution >= 4 is 5.78 Å². The van der Waals surface area contributed by atoms with Crippen molar-refractivity contribution in [3.05, 3.63) is 48.0 Å².